The van der Waals surface area contributed by atoms with Crippen molar-refractivity contribution >= 4 is 50.4 Å². The van der Waals surface area contributed by atoms with Gasteiger partial charge < -0.3 is 9.32 Å². The van der Waals surface area contributed by atoms with Gasteiger partial charge in [0, 0.05) is 31.2 Å². The normalized spacial score (nSPS) is 15.7. The van der Waals surface area contributed by atoms with Gasteiger partial charge in [0.1, 0.15) is 5.52 Å². The number of oxazole rings is 1. The molecule has 0 bridgehead atoms. The Kier molecular flexibility index (Phi) is 5.82. The van der Waals surface area contributed by atoms with Crippen molar-refractivity contribution in [2.24, 2.45) is 0 Å². The predicted octanol–water partition coefficient (Wildman–Crippen LogP) is 3.11. The maximum absolute atomic E-state index is 12.7. The molecule has 10 heteroatoms. The Labute approximate surface area is 177 Å². The maximum atomic E-state index is 12.7. The number of hydrogen-bond acceptors (Lipinski definition) is 6. The van der Waals surface area contributed by atoms with Crippen molar-refractivity contribution in [3.8, 4) is 0 Å². The Morgan fingerprint density at radius 3 is 2.45 bits per heavy atom. The summed E-state index contributed by atoms with van der Waals surface area (Å²) < 4.78 is 32.5. The third-order valence-corrected chi connectivity index (χ3v) is 7.61. The number of benzene rings is 2. The van der Waals surface area contributed by atoms with Gasteiger partial charge in [0.2, 0.25) is 15.9 Å². The summed E-state index contributed by atoms with van der Waals surface area (Å²) in [5.41, 5.74) is 1.44. The fourth-order valence-corrected chi connectivity index (χ4v) is 5.35. The summed E-state index contributed by atoms with van der Waals surface area (Å²) in [6, 6.07) is 13.5. The first-order chi connectivity index (χ1) is 13.9. The van der Waals surface area contributed by atoms with Crippen molar-refractivity contribution in [2.45, 2.75) is 10.1 Å². The van der Waals surface area contributed by atoms with Crippen LogP contribution < -0.4 is 0 Å². The SMILES string of the molecule is O=C(CSc1nc2ccccc2o1)N1CCN(S(=O)(=O)c2ccc(Cl)cc2)CC1. The number of carbonyl (C=O) groups is 1. The Morgan fingerprint density at radius 2 is 1.76 bits per heavy atom. The van der Waals surface area contributed by atoms with E-state index in [2.05, 4.69) is 4.98 Å². The lowest BCUT2D eigenvalue weighted by Crippen LogP contribution is -2.50. The maximum Gasteiger partial charge on any atom is 0.257 e. The van der Waals surface area contributed by atoms with Gasteiger partial charge in [-0.1, -0.05) is 35.5 Å². The zero-order valence-electron chi connectivity index (χ0n) is 15.3. The van der Waals surface area contributed by atoms with E-state index in [1.165, 1.54) is 28.2 Å². The fourth-order valence-electron chi connectivity index (χ4n) is 3.06. The third-order valence-electron chi connectivity index (χ3n) is 4.64. The van der Waals surface area contributed by atoms with Crippen LogP contribution in [-0.2, 0) is 14.8 Å². The van der Waals surface area contributed by atoms with E-state index in [9.17, 15) is 13.2 Å². The van der Waals surface area contributed by atoms with Crippen molar-refractivity contribution in [1.29, 1.82) is 0 Å². The summed E-state index contributed by atoms with van der Waals surface area (Å²) in [6.07, 6.45) is 0. The van der Waals surface area contributed by atoms with Crippen molar-refractivity contribution in [2.75, 3.05) is 31.9 Å². The summed E-state index contributed by atoms with van der Waals surface area (Å²) in [5.74, 6) is 0.123. The summed E-state index contributed by atoms with van der Waals surface area (Å²) >= 11 is 7.07. The topological polar surface area (TPSA) is 83.7 Å². The van der Waals surface area contributed by atoms with E-state index in [1.807, 2.05) is 24.3 Å². The Hall–Kier alpha value is -2.07. The average Bonchev–Trinajstić information content (AvgIpc) is 3.15. The molecule has 1 aliphatic heterocycles. The van der Waals surface area contributed by atoms with Gasteiger partial charge in [0.25, 0.3) is 5.22 Å². The predicted molar refractivity (Wildman–Crippen MR) is 112 cm³/mol. The minimum atomic E-state index is -3.59. The summed E-state index contributed by atoms with van der Waals surface area (Å²) in [5, 5.41) is 0.930. The van der Waals surface area contributed by atoms with Crippen LogP contribution in [0.2, 0.25) is 5.02 Å². The zero-order chi connectivity index (χ0) is 20.4. The molecule has 0 spiro atoms. The molecule has 29 heavy (non-hydrogen) atoms. The highest BCUT2D eigenvalue weighted by molar-refractivity contribution is 7.99. The zero-order valence-corrected chi connectivity index (χ0v) is 17.7. The van der Waals surface area contributed by atoms with E-state index in [-0.39, 0.29) is 29.6 Å². The quantitative estimate of drug-likeness (QED) is 0.554. The molecule has 1 saturated heterocycles. The van der Waals surface area contributed by atoms with Gasteiger partial charge in [0.05, 0.1) is 10.6 Å². The van der Waals surface area contributed by atoms with E-state index in [0.717, 1.165) is 5.52 Å². The van der Waals surface area contributed by atoms with Crippen molar-refractivity contribution in [3.63, 3.8) is 0 Å². The minimum Gasteiger partial charge on any atom is -0.431 e. The number of sulfonamides is 1. The lowest BCUT2D eigenvalue weighted by molar-refractivity contribution is -0.129. The average molecular weight is 452 g/mol. The molecule has 152 valence electrons. The summed E-state index contributed by atoms with van der Waals surface area (Å²) in [4.78, 5) is 18.7. The number of thioether (sulfide) groups is 1. The van der Waals surface area contributed by atoms with Gasteiger partial charge in [-0.05, 0) is 36.4 Å². The molecule has 1 aliphatic rings. The van der Waals surface area contributed by atoms with E-state index >= 15 is 0 Å². The first-order valence-corrected chi connectivity index (χ1v) is 11.8. The molecule has 3 aromatic rings. The second-order valence-corrected chi connectivity index (χ2v) is 9.78. The number of halogens is 1. The van der Waals surface area contributed by atoms with Crippen LogP contribution in [0.25, 0.3) is 11.1 Å². The highest BCUT2D eigenvalue weighted by Crippen LogP contribution is 2.24. The van der Waals surface area contributed by atoms with E-state index in [1.54, 1.807) is 17.0 Å². The van der Waals surface area contributed by atoms with E-state index < -0.39 is 10.0 Å². The molecule has 2 heterocycles. The van der Waals surface area contributed by atoms with Crippen LogP contribution in [0, 0.1) is 0 Å². The highest BCUT2D eigenvalue weighted by atomic mass is 35.5. The van der Waals surface area contributed by atoms with Gasteiger partial charge in [-0.3, -0.25) is 4.79 Å². The van der Waals surface area contributed by atoms with Crippen molar-refractivity contribution in [1.82, 2.24) is 14.2 Å². The van der Waals surface area contributed by atoms with Crippen LogP contribution in [0.15, 0.2) is 63.1 Å². The smallest absolute Gasteiger partial charge is 0.257 e. The Morgan fingerprint density at radius 1 is 1.07 bits per heavy atom. The standard InChI is InChI=1S/C19H18ClN3O4S2/c20-14-5-7-15(8-6-14)29(25,26)23-11-9-22(10-12-23)18(24)13-28-19-21-16-3-1-2-4-17(16)27-19/h1-8H,9-13H2. The number of carbonyl (C=O) groups excluding carboxylic acids is 1. The monoisotopic (exact) mass is 451 g/mol. The molecule has 2 aromatic carbocycles. The molecular formula is C19H18ClN3O4S2. The summed E-state index contributed by atoms with van der Waals surface area (Å²) in [7, 11) is -3.59. The van der Waals surface area contributed by atoms with Crippen LogP contribution in [0.1, 0.15) is 0 Å². The molecule has 1 aromatic heterocycles. The second kappa shape index (κ2) is 8.35. The lowest BCUT2D eigenvalue weighted by Gasteiger charge is -2.33. The van der Waals surface area contributed by atoms with Crippen LogP contribution in [-0.4, -0.2) is 60.4 Å². The molecule has 4 rings (SSSR count). The molecule has 0 N–H and O–H groups in total. The Bertz CT molecular complexity index is 1090. The van der Waals surface area contributed by atoms with Crippen LogP contribution in [0.4, 0.5) is 0 Å². The number of rotatable bonds is 5. The molecule has 0 radical (unpaired) electrons. The van der Waals surface area contributed by atoms with Gasteiger partial charge >= 0.3 is 0 Å². The van der Waals surface area contributed by atoms with E-state index in [0.29, 0.717) is 28.9 Å². The molecule has 1 amide bonds. The third kappa shape index (κ3) is 4.42. The number of para-hydroxylation sites is 2. The molecular weight excluding hydrogens is 434 g/mol. The van der Waals surface area contributed by atoms with Gasteiger partial charge in [-0.25, -0.2) is 13.4 Å². The first kappa shape index (κ1) is 20.2. The van der Waals surface area contributed by atoms with Crippen molar-refractivity contribution in [3.05, 3.63) is 53.6 Å². The number of nitrogens with zero attached hydrogens (tertiary/aromatic N) is 3. The molecule has 0 saturated carbocycles. The van der Waals surface area contributed by atoms with Crippen LogP contribution >= 0.6 is 23.4 Å². The number of hydrogen-bond donors (Lipinski definition) is 0. The minimum absolute atomic E-state index is 0.0687. The molecule has 0 atom stereocenters. The number of piperazine rings is 1. The van der Waals surface area contributed by atoms with Crippen LogP contribution in [0.3, 0.4) is 0 Å². The largest absolute Gasteiger partial charge is 0.431 e. The Balaban J connectivity index is 1.32. The molecule has 0 unspecified atom stereocenters. The van der Waals surface area contributed by atoms with Gasteiger partial charge in [-0.2, -0.15) is 4.31 Å². The van der Waals surface area contributed by atoms with Gasteiger partial charge in [-0.15, -0.1) is 0 Å². The first-order valence-electron chi connectivity index (χ1n) is 8.95. The second-order valence-electron chi connectivity index (χ2n) is 6.47. The van der Waals surface area contributed by atoms with Crippen LogP contribution in [0.5, 0.6) is 0 Å². The fraction of sp³-hybridized carbons (Fsp3) is 0.263. The lowest BCUT2D eigenvalue weighted by atomic mass is 10.3. The molecule has 7 nitrogen and oxygen atoms in total. The molecule has 1 fully saturated rings. The number of fused-ring (bicyclic) bond motifs is 1. The number of aromatic nitrogens is 1. The summed E-state index contributed by atoms with van der Waals surface area (Å²) in [6.45, 7) is 1.20. The van der Waals surface area contributed by atoms with Gasteiger partial charge in [0.15, 0.2) is 5.58 Å². The molecule has 0 aliphatic carbocycles. The van der Waals surface area contributed by atoms with Crippen molar-refractivity contribution < 1.29 is 17.6 Å². The highest BCUT2D eigenvalue weighted by Gasteiger charge is 2.30. The van der Waals surface area contributed by atoms with E-state index in [4.69, 9.17) is 16.0 Å². The number of amides is 1.